The van der Waals surface area contributed by atoms with Crippen molar-refractivity contribution in [2.24, 2.45) is 5.92 Å². The van der Waals surface area contributed by atoms with Gasteiger partial charge in [-0.25, -0.2) is 4.79 Å². The third-order valence-corrected chi connectivity index (χ3v) is 2.79. The molecule has 0 aromatic carbocycles. The first-order chi connectivity index (χ1) is 5.77. The number of carbonyl (C=O) groups is 1. The lowest BCUT2D eigenvalue weighted by Gasteiger charge is -2.34. The Bertz CT molecular complexity index is 199. The van der Waals surface area contributed by atoms with Crippen molar-refractivity contribution in [3.63, 3.8) is 0 Å². The molecule has 0 spiro atoms. The number of hydrogen-bond acceptors (Lipinski definition) is 4. The molecule has 2 aliphatic rings. The third kappa shape index (κ3) is 1.15. The second kappa shape index (κ2) is 2.60. The Hall–Kier alpha value is -0.810. The summed E-state index contributed by atoms with van der Waals surface area (Å²) in [5, 5.41) is 13.9. The standard InChI is InChI=1S/C7H12N2O3/c10-6(12-11)9-7(1-2-7)5-3-8-4-5/h5,8,11H,1-4H2,(H,9,10). The van der Waals surface area contributed by atoms with Crippen molar-refractivity contribution in [2.45, 2.75) is 18.4 Å². The predicted octanol–water partition coefficient (Wildman–Crippen LogP) is -0.0624. The molecule has 3 N–H and O–H groups in total. The van der Waals surface area contributed by atoms with Crippen LogP contribution < -0.4 is 10.6 Å². The van der Waals surface area contributed by atoms with E-state index in [9.17, 15) is 4.79 Å². The van der Waals surface area contributed by atoms with Crippen LogP contribution >= 0.6 is 0 Å². The van der Waals surface area contributed by atoms with Crippen molar-refractivity contribution in [1.82, 2.24) is 10.6 Å². The van der Waals surface area contributed by atoms with Crippen LogP contribution in [0.5, 0.6) is 0 Å². The average molecular weight is 172 g/mol. The van der Waals surface area contributed by atoms with E-state index in [4.69, 9.17) is 5.26 Å². The first kappa shape index (κ1) is 7.82. The minimum atomic E-state index is -0.737. The van der Waals surface area contributed by atoms with Gasteiger partial charge >= 0.3 is 6.09 Å². The number of amides is 1. The van der Waals surface area contributed by atoms with Crippen LogP contribution in [0.2, 0.25) is 0 Å². The molecule has 0 aromatic heterocycles. The Morgan fingerprint density at radius 1 is 1.58 bits per heavy atom. The van der Waals surface area contributed by atoms with Gasteiger partial charge in [-0.1, -0.05) is 0 Å². The van der Waals surface area contributed by atoms with Crippen molar-refractivity contribution in [3.05, 3.63) is 0 Å². The van der Waals surface area contributed by atoms with Gasteiger partial charge in [-0.2, -0.15) is 5.26 Å². The van der Waals surface area contributed by atoms with E-state index in [0.717, 1.165) is 25.9 Å². The molecule has 0 bridgehead atoms. The summed E-state index contributed by atoms with van der Waals surface area (Å²) in [5.41, 5.74) is -0.0783. The number of carbonyl (C=O) groups excluding carboxylic acids is 1. The summed E-state index contributed by atoms with van der Waals surface area (Å²) in [4.78, 5) is 14.3. The molecule has 0 atom stereocenters. The van der Waals surface area contributed by atoms with Crippen LogP contribution in [-0.2, 0) is 4.89 Å². The van der Waals surface area contributed by atoms with Gasteiger partial charge in [-0.15, -0.1) is 0 Å². The monoisotopic (exact) mass is 172 g/mol. The molecule has 1 amide bonds. The van der Waals surface area contributed by atoms with E-state index in [2.05, 4.69) is 15.5 Å². The molecule has 5 nitrogen and oxygen atoms in total. The van der Waals surface area contributed by atoms with Crippen LogP contribution in [0.3, 0.4) is 0 Å². The van der Waals surface area contributed by atoms with Crippen LogP contribution in [0.4, 0.5) is 4.79 Å². The highest BCUT2D eigenvalue weighted by atomic mass is 17.1. The molecule has 0 unspecified atom stereocenters. The Kier molecular flexibility index (Phi) is 1.69. The first-order valence-electron chi connectivity index (χ1n) is 4.11. The Morgan fingerprint density at radius 3 is 2.58 bits per heavy atom. The second-order valence-corrected chi connectivity index (χ2v) is 3.52. The highest BCUT2D eigenvalue weighted by Gasteiger charge is 2.52. The maximum Gasteiger partial charge on any atom is 0.438 e. The molecule has 5 heteroatoms. The van der Waals surface area contributed by atoms with Crippen molar-refractivity contribution < 1.29 is 14.9 Å². The fourth-order valence-electron chi connectivity index (χ4n) is 1.68. The van der Waals surface area contributed by atoms with Crippen LogP contribution in [0, 0.1) is 5.92 Å². The SMILES string of the molecule is O=C(NC1(C2CNC2)CC1)OO. The molecule has 2 rings (SSSR count). The Labute approximate surface area is 70.0 Å². The molecular formula is C7H12N2O3. The number of nitrogens with one attached hydrogen (secondary N) is 2. The number of rotatable bonds is 2. The maximum absolute atomic E-state index is 10.7. The van der Waals surface area contributed by atoms with Gasteiger partial charge in [-0.3, -0.25) is 4.89 Å². The molecular weight excluding hydrogens is 160 g/mol. The van der Waals surface area contributed by atoms with E-state index >= 15 is 0 Å². The lowest BCUT2D eigenvalue weighted by atomic mass is 9.91. The van der Waals surface area contributed by atoms with Crippen molar-refractivity contribution in [1.29, 1.82) is 0 Å². The van der Waals surface area contributed by atoms with E-state index in [1.165, 1.54) is 0 Å². The fourth-order valence-corrected chi connectivity index (χ4v) is 1.68. The molecule has 1 aliphatic heterocycles. The largest absolute Gasteiger partial charge is 0.438 e. The maximum atomic E-state index is 10.7. The van der Waals surface area contributed by atoms with Gasteiger partial charge in [0, 0.05) is 24.5 Å². The minimum absolute atomic E-state index is 0.0783. The van der Waals surface area contributed by atoms with Gasteiger partial charge in [0.15, 0.2) is 0 Å². The Morgan fingerprint density at radius 2 is 2.25 bits per heavy atom. The van der Waals surface area contributed by atoms with Gasteiger partial charge in [0.25, 0.3) is 0 Å². The highest BCUT2D eigenvalue weighted by Crippen LogP contribution is 2.43. The van der Waals surface area contributed by atoms with E-state index in [1.54, 1.807) is 0 Å². The molecule has 2 fully saturated rings. The first-order valence-corrected chi connectivity index (χ1v) is 4.11. The zero-order chi connectivity index (χ0) is 8.60. The van der Waals surface area contributed by atoms with E-state index in [-0.39, 0.29) is 5.54 Å². The van der Waals surface area contributed by atoms with Crippen LogP contribution in [0.1, 0.15) is 12.8 Å². The topological polar surface area (TPSA) is 70.6 Å². The fraction of sp³-hybridized carbons (Fsp3) is 0.857. The summed E-state index contributed by atoms with van der Waals surface area (Å²) in [6.45, 7) is 1.90. The van der Waals surface area contributed by atoms with Crippen LogP contribution in [-0.4, -0.2) is 30.0 Å². The molecule has 0 radical (unpaired) electrons. The molecule has 1 saturated carbocycles. The zero-order valence-corrected chi connectivity index (χ0v) is 6.67. The normalized spacial score (nSPS) is 25.8. The van der Waals surface area contributed by atoms with Gasteiger partial charge in [-0.05, 0) is 12.8 Å². The summed E-state index contributed by atoms with van der Waals surface area (Å²) >= 11 is 0. The van der Waals surface area contributed by atoms with Gasteiger partial charge < -0.3 is 10.6 Å². The molecule has 1 saturated heterocycles. The summed E-state index contributed by atoms with van der Waals surface area (Å²) < 4.78 is 0. The molecule has 12 heavy (non-hydrogen) atoms. The van der Waals surface area contributed by atoms with Crippen LogP contribution in [0.15, 0.2) is 0 Å². The lowest BCUT2D eigenvalue weighted by Crippen LogP contribution is -2.56. The highest BCUT2D eigenvalue weighted by molar-refractivity contribution is 5.68. The van der Waals surface area contributed by atoms with Gasteiger partial charge in [0.05, 0.1) is 0 Å². The van der Waals surface area contributed by atoms with Gasteiger partial charge in [0.1, 0.15) is 0 Å². The molecule has 0 aromatic rings. The summed E-state index contributed by atoms with van der Waals surface area (Å²) in [5.74, 6) is 0.511. The Balaban J connectivity index is 1.88. The molecule has 1 aliphatic carbocycles. The quantitative estimate of drug-likeness (QED) is 0.403. The van der Waals surface area contributed by atoms with E-state index in [0.29, 0.717) is 5.92 Å². The summed E-state index contributed by atoms with van der Waals surface area (Å²) in [6.07, 6.45) is 1.25. The van der Waals surface area contributed by atoms with E-state index < -0.39 is 6.09 Å². The minimum Gasteiger partial charge on any atom is -0.316 e. The summed E-state index contributed by atoms with van der Waals surface area (Å²) in [6, 6.07) is 0. The van der Waals surface area contributed by atoms with Crippen molar-refractivity contribution in [2.75, 3.05) is 13.1 Å². The molecule has 1 heterocycles. The average Bonchev–Trinajstić information content (AvgIpc) is 2.65. The molecule has 68 valence electrons. The van der Waals surface area contributed by atoms with Crippen molar-refractivity contribution in [3.8, 4) is 0 Å². The third-order valence-electron chi connectivity index (χ3n) is 2.79. The lowest BCUT2D eigenvalue weighted by molar-refractivity contribution is -0.179. The van der Waals surface area contributed by atoms with Gasteiger partial charge in [0.2, 0.25) is 0 Å². The predicted molar refractivity (Wildman–Crippen MR) is 40.6 cm³/mol. The summed E-state index contributed by atoms with van der Waals surface area (Å²) in [7, 11) is 0. The smallest absolute Gasteiger partial charge is 0.316 e. The van der Waals surface area contributed by atoms with E-state index in [1.807, 2.05) is 0 Å². The second-order valence-electron chi connectivity index (χ2n) is 3.52. The van der Waals surface area contributed by atoms with Crippen LogP contribution in [0.25, 0.3) is 0 Å². The zero-order valence-electron chi connectivity index (χ0n) is 6.67. The van der Waals surface area contributed by atoms with Crippen molar-refractivity contribution >= 4 is 6.09 Å². The number of hydrogen-bond donors (Lipinski definition) is 3.